The molecular weight excluding hydrogens is 228 g/mol. The molecule has 3 atom stereocenters. The van der Waals surface area contributed by atoms with E-state index in [2.05, 4.69) is 24.1 Å². The zero-order chi connectivity index (χ0) is 13.0. The quantitative estimate of drug-likeness (QED) is 0.824. The zero-order valence-electron chi connectivity index (χ0n) is 11.7. The molecule has 2 rings (SSSR count). The smallest absolute Gasteiger partial charge is 0.228 e. The molecule has 3 unspecified atom stereocenters. The molecule has 104 valence electrons. The second kappa shape index (κ2) is 6.53. The molecule has 0 aromatic heterocycles. The lowest BCUT2D eigenvalue weighted by atomic mass is 10.00. The maximum absolute atomic E-state index is 12.6. The van der Waals surface area contributed by atoms with Crippen molar-refractivity contribution in [1.82, 2.24) is 10.2 Å². The standard InChI is InChI=1S/C14H26N2O2/c1-3-7-16(13-5-4-6-15-9-13)14(17)12-8-11(2)18-10-12/h11-13,15H,3-10H2,1-2H3. The Bertz CT molecular complexity index is 277. The molecule has 1 amide bonds. The van der Waals surface area contributed by atoms with Crippen LogP contribution in [0.4, 0.5) is 0 Å². The molecule has 0 spiro atoms. The van der Waals surface area contributed by atoms with Crippen LogP contribution in [-0.2, 0) is 9.53 Å². The molecule has 4 nitrogen and oxygen atoms in total. The average molecular weight is 254 g/mol. The number of ether oxygens (including phenoxy) is 1. The number of hydrogen-bond acceptors (Lipinski definition) is 3. The topological polar surface area (TPSA) is 41.6 Å². The Morgan fingerprint density at radius 2 is 2.33 bits per heavy atom. The van der Waals surface area contributed by atoms with Gasteiger partial charge in [0.15, 0.2) is 0 Å². The maximum Gasteiger partial charge on any atom is 0.228 e. The molecule has 2 fully saturated rings. The van der Waals surface area contributed by atoms with Gasteiger partial charge >= 0.3 is 0 Å². The Hall–Kier alpha value is -0.610. The fraction of sp³-hybridized carbons (Fsp3) is 0.929. The summed E-state index contributed by atoms with van der Waals surface area (Å²) < 4.78 is 5.54. The van der Waals surface area contributed by atoms with Crippen molar-refractivity contribution in [3.05, 3.63) is 0 Å². The minimum Gasteiger partial charge on any atom is -0.378 e. The summed E-state index contributed by atoms with van der Waals surface area (Å²) in [5.74, 6) is 0.406. The lowest BCUT2D eigenvalue weighted by molar-refractivity contribution is -0.138. The molecule has 0 radical (unpaired) electrons. The van der Waals surface area contributed by atoms with Gasteiger partial charge in [0, 0.05) is 19.1 Å². The Labute approximate surface area is 110 Å². The largest absolute Gasteiger partial charge is 0.378 e. The highest BCUT2D eigenvalue weighted by molar-refractivity contribution is 5.79. The van der Waals surface area contributed by atoms with Gasteiger partial charge in [-0.2, -0.15) is 0 Å². The van der Waals surface area contributed by atoms with Crippen LogP contribution in [0.15, 0.2) is 0 Å². The summed E-state index contributed by atoms with van der Waals surface area (Å²) in [4.78, 5) is 14.7. The molecule has 2 aliphatic rings. The first-order valence-electron chi connectivity index (χ1n) is 7.35. The summed E-state index contributed by atoms with van der Waals surface area (Å²) in [7, 11) is 0. The lowest BCUT2D eigenvalue weighted by Gasteiger charge is -2.36. The van der Waals surface area contributed by atoms with E-state index in [4.69, 9.17) is 4.74 Å². The third-order valence-electron chi connectivity index (χ3n) is 4.01. The van der Waals surface area contributed by atoms with Gasteiger partial charge in [0.25, 0.3) is 0 Å². The summed E-state index contributed by atoms with van der Waals surface area (Å²) in [5, 5.41) is 3.40. The number of piperidine rings is 1. The van der Waals surface area contributed by atoms with Gasteiger partial charge in [0.1, 0.15) is 0 Å². The van der Waals surface area contributed by atoms with Crippen LogP contribution in [0.3, 0.4) is 0 Å². The summed E-state index contributed by atoms with van der Waals surface area (Å²) in [5.41, 5.74) is 0. The third-order valence-corrected chi connectivity index (χ3v) is 4.01. The number of carbonyl (C=O) groups excluding carboxylic acids is 1. The van der Waals surface area contributed by atoms with E-state index in [1.165, 1.54) is 6.42 Å². The van der Waals surface area contributed by atoms with Crippen LogP contribution >= 0.6 is 0 Å². The van der Waals surface area contributed by atoms with E-state index in [0.29, 0.717) is 18.6 Å². The van der Waals surface area contributed by atoms with E-state index < -0.39 is 0 Å². The van der Waals surface area contributed by atoms with E-state index in [1.54, 1.807) is 0 Å². The highest BCUT2D eigenvalue weighted by atomic mass is 16.5. The minimum atomic E-state index is 0.0912. The monoisotopic (exact) mass is 254 g/mol. The van der Waals surface area contributed by atoms with Crippen molar-refractivity contribution >= 4 is 5.91 Å². The number of nitrogens with one attached hydrogen (secondary N) is 1. The molecule has 0 aromatic rings. The van der Waals surface area contributed by atoms with Crippen LogP contribution in [0.25, 0.3) is 0 Å². The predicted octanol–water partition coefficient (Wildman–Crippen LogP) is 1.40. The van der Waals surface area contributed by atoms with Crippen molar-refractivity contribution in [3.63, 3.8) is 0 Å². The molecule has 2 aliphatic heterocycles. The molecule has 0 aliphatic carbocycles. The van der Waals surface area contributed by atoms with Crippen LogP contribution in [0.1, 0.15) is 39.5 Å². The van der Waals surface area contributed by atoms with Gasteiger partial charge in [-0.3, -0.25) is 4.79 Å². The second-order valence-corrected chi connectivity index (χ2v) is 5.61. The average Bonchev–Trinajstić information content (AvgIpc) is 2.83. The van der Waals surface area contributed by atoms with Crippen LogP contribution < -0.4 is 5.32 Å². The van der Waals surface area contributed by atoms with Crippen molar-refractivity contribution in [3.8, 4) is 0 Å². The van der Waals surface area contributed by atoms with Crippen LogP contribution in [0.2, 0.25) is 0 Å². The minimum absolute atomic E-state index is 0.0912. The number of amides is 1. The molecule has 0 bridgehead atoms. The van der Waals surface area contributed by atoms with Gasteiger partial charge in [0.05, 0.1) is 18.6 Å². The van der Waals surface area contributed by atoms with Crippen molar-refractivity contribution in [2.24, 2.45) is 5.92 Å². The van der Waals surface area contributed by atoms with E-state index in [0.717, 1.165) is 38.9 Å². The Balaban J connectivity index is 1.97. The molecule has 0 saturated carbocycles. The molecule has 0 aromatic carbocycles. The third kappa shape index (κ3) is 3.23. The van der Waals surface area contributed by atoms with Crippen LogP contribution in [0.5, 0.6) is 0 Å². The first-order chi connectivity index (χ1) is 8.72. The van der Waals surface area contributed by atoms with Crippen molar-refractivity contribution in [2.75, 3.05) is 26.2 Å². The number of rotatable bonds is 4. The van der Waals surface area contributed by atoms with Gasteiger partial charge in [-0.05, 0) is 39.2 Å². The Kier molecular flexibility index (Phi) is 5.01. The summed E-state index contributed by atoms with van der Waals surface area (Å²) >= 11 is 0. The van der Waals surface area contributed by atoms with Gasteiger partial charge in [-0.1, -0.05) is 6.92 Å². The van der Waals surface area contributed by atoms with Crippen LogP contribution in [0, 0.1) is 5.92 Å². The molecule has 18 heavy (non-hydrogen) atoms. The molecule has 2 saturated heterocycles. The van der Waals surface area contributed by atoms with Gasteiger partial charge in [-0.25, -0.2) is 0 Å². The fourth-order valence-electron chi connectivity index (χ4n) is 3.04. The molecule has 4 heteroatoms. The summed E-state index contributed by atoms with van der Waals surface area (Å²) in [6.07, 6.45) is 4.48. The number of carbonyl (C=O) groups is 1. The Morgan fingerprint density at radius 1 is 1.50 bits per heavy atom. The number of hydrogen-bond donors (Lipinski definition) is 1. The fourth-order valence-corrected chi connectivity index (χ4v) is 3.04. The van der Waals surface area contributed by atoms with Crippen molar-refractivity contribution in [1.29, 1.82) is 0 Å². The first kappa shape index (κ1) is 13.8. The van der Waals surface area contributed by atoms with Gasteiger partial charge in [0.2, 0.25) is 5.91 Å². The highest BCUT2D eigenvalue weighted by Crippen LogP contribution is 2.23. The van der Waals surface area contributed by atoms with E-state index in [9.17, 15) is 4.79 Å². The highest BCUT2D eigenvalue weighted by Gasteiger charge is 2.34. The molecule has 1 N–H and O–H groups in total. The van der Waals surface area contributed by atoms with Crippen LogP contribution in [-0.4, -0.2) is 49.2 Å². The maximum atomic E-state index is 12.6. The first-order valence-corrected chi connectivity index (χ1v) is 7.35. The van der Waals surface area contributed by atoms with E-state index >= 15 is 0 Å². The normalized spacial score (nSPS) is 32.4. The Morgan fingerprint density at radius 3 is 2.89 bits per heavy atom. The molecular formula is C14H26N2O2. The van der Waals surface area contributed by atoms with E-state index in [1.807, 2.05) is 0 Å². The SMILES string of the molecule is CCCN(C(=O)C1COC(C)C1)C1CCCNC1. The predicted molar refractivity (Wildman–Crippen MR) is 71.4 cm³/mol. The summed E-state index contributed by atoms with van der Waals surface area (Å²) in [6, 6.07) is 0.391. The lowest BCUT2D eigenvalue weighted by Crippen LogP contribution is -2.50. The van der Waals surface area contributed by atoms with Gasteiger partial charge < -0.3 is 15.0 Å². The van der Waals surface area contributed by atoms with Crippen molar-refractivity contribution < 1.29 is 9.53 Å². The zero-order valence-corrected chi connectivity index (χ0v) is 11.7. The summed E-state index contributed by atoms with van der Waals surface area (Å²) in [6.45, 7) is 7.74. The second-order valence-electron chi connectivity index (χ2n) is 5.61. The van der Waals surface area contributed by atoms with E-state index in [-0.39, 0.29) is 12.0 Å². The van der Waals surface area contributed by atoms with Crippen molar-refractivity contribution in [2.45, 2.75) is 51.7 Å². The van der Waals surface area contributed by atoms with Gasteiger partial charge in [-0.15, -0.1) is 0 Å². The molecule has 2 heterocycles. The number of nitrogens with zero attached hydrogens (tertiary/aromatic N) is 1.